The number of nitrogens with one attached hydrogen (secondary N) is 2. The van der Waals surface area contributed by atoms with Gasteiger partial charge < -0.3 is 10.2 Å². The molecule has 3 rings (SSSR count). The largest absolute Gasteiger partial charge is 0.350 e. The van der Waals surface area contributed by atoms with Gasteiger partial charge in [0.1, 0.15) is 5.82 Å². The maximum absolute atomic E-state index is 12.4. The van der Waals surface area contributed by atoms with E-state index < -0.39 is 0 Å². The number of aryl methyl sites for hydroxylation is 3. The predicted molar refractivity (Wildman–Crippen MR) is 102 cm³/mol. The van der Waals surface area contributed by atoms with Crippen LogP contribution in [0.15, 0.2) is 6.07 Å². The molecule has 0 saturated carbocycles. The van der Waals surface area contributed by atoms with Crippen molar-refractivity contribution in [2.45, 2.75) is 38.8 Å². The van der Waals surface area contributed by atoms with Gasteiger partial charge >= 0.3 is 0 Å². The Morgan fingerprint density at radius 2 is 2.19 bits per heavy atom. The summed E-state index contributed by atoms with van der Waals surface area (Å²) in [7, 11) is 5.77. The van der Waals surface area contributed by atoms with Gasteiger partial charge in [0.15, 0.2) is 5.82 Å². The first-order valence-corrected chi connectivity index (χ1v) is 9.36. The van der Waals surface area contributed by atoms with Crippen LogP contribution in [0.5, 0.6) is 0 Å². The van der Waals surface area contributed by atoms with E-state index in [9.17, 15) is 4.79 Å². The number of amides is 1. The van der Waals surface area contributed by atoms with Crippen molar-refractivity contribution >= 4 is 5.91 Å². The van der Waals surface area contributed by atoms with Crippen LogP contribution in [0.4, 0.5) is 0 Å². The van der Waals surface area contributed by atoms with Crippen LogP contribution < -0.4 is 5.32 Å². The second kappa shape index (κ2) is 8.18. The topological polar surface area (TPSA) is 95.0 Å². The number of likely N-dealkylation sites (tertiary alicyclic amines) is 1. The summed E-state index contributed by atoms with van der Waals surface area (Å²) in [6.07, 6.45) is 0.904. The molecule has 0 bridgehead atoms. The number of aromatic nitrogens is 5. The SMILES string of the molecule is Cc1cc(CN2CC[C@H](c3n[nH]c(C)n3)[C@H](NC(=O)CN(C)C)C2)n(C)n1. The number of hydrogen-bond donors (Lipinski definition) is 2. The van der Waals surface area contributed by atoms with Crippen LogP contribution in [0.2, 0.25) is 0 Å². The Labute approximate surface area is 160 Å². The molecule has 2 atom stereocenters. The lowest BCUT2D eigenvalue weighted by atomic mass is 9.90. The van der Waals surface area contributed by atoms with Crippen LogP contribution in [-0.2, 0) is 18.4 Å². The second-order valence-electron chi connectivity index (χ2n) is 7.72. The Hall–Kier alpha value is -2.26. The van der Waals surface area contributed by atoms with Gasteiger partial charge in [0.25, 0.3) is 0 Å². The molecule has 27 heavy (non-hydrogen) atoms. The van der Waals surface area contributed by atoms with E-state index in [2.05, 4.69) is 36.6 Å². The van der Waals surface area contributed by atoms with Crippen molar-refractivity contribution in [3.63, 3.8) is 0 Å². The average molecular weight is 374 g/mol. The van der Waals surface area contributed by atoms with Crippen LogP contribution >= 0.6 is 0 Å². The number of hydrogen-bond acceptors (Lipinski definition) is 6. The third-order valence-electron chi connectivity index (χ3n) is 4.93. The first-order chi connectivity index (χ1) is 12.8. The molecular weight excluding hydrogens is 344 g/mol. The highest BCUT2D eigenvalue weighted by molar-refractivity contribution is 5.78. The Morgan fingerprint density at radius 3 is 2.78 bits per heavy atom. The van der Waals surface area contributed by atoms with Crippen LogP contribution in [0.25, 0.3) is 0 Å². The summed E-state index contributed by atoms with van der Waals surface area (Å²) in [6, 6.07) is 2.10. The zero-order valence-corrected chi connectivity index (χ0v) is 16.9. The number of H-pyrrole nitrogens is 1. The second-order valence-corrected chi connectivity index (χ2v) is 7.72. The highest BCUT2D eigenvalue weighted by atomic mass is 16.2. The van der Waals surface area contributed by atoms with E-state index in [0.29, 0.717) is 6.54 Å². The van der Waals surface area contributed by atoms with E-state index in [4.69, 9.17) is 0 Å². The van der Waals surface area contributed by atoms with E-state index in [1.54, 1.807) is 0 Å². The minimum absolute atomic E-state index is 0.0178. The average Bonchev–Trinajstić information content (AvgIpc) is 3.12. The van der Waals surface area contributed by atoms with E-state index >= 15 is 0 Å². The first-order valence-electron chi connectivity index (χ1n) is 9.36. The van der Waals surface area contributed by atoms with E-state index in [1.807, 2.05) is 44.6 Å². The molecule has 0 radical (unpaired) electrons. The number of carbonyl (C=O) groups is 1. The molecule has 0 unspecified atom stereocenters. The predicted octanol–water partition coefficient (Wildman–Crippen LogP) is 0.191. The minimum atomic E-state index is -0.0178. The molecule has 2 aromatic rings. The zero-order valence-electron chi connectivity index (χ0n) is 16.9. The van der Waals surface area contributed by atoms with E-state index in [-0.39, 0.29) is 17.9 Å². The molecule has 1 aliphatic rings. The fourth-order valence-electron chi connectivity index (χ4n) is 3.73. The maximum Gasteiger partial charge on any atom is 0.234 e. The van der Waals surface area contributed by atoms with Crippen LogP contribution in [0.1, 0.15) is 35.4 Å². The molecule has 0 aliphatic carbocycles. The highest BCUT2D eigenvalue weighted by Gasteiger charge is 2.34. The van der Waals surface area contributed by atoms with Crippen molar-refractivity contribution in [3.05, 3.63) is 29.1 Å². The van der Waals surface area contributed by atoms with Crippen molar-refractivity contribution in [2.75, 3.05) is 33.7 Å². The molecule has 0 spiro atoms. The molecular formula is C18H30N8O. The van der Waals surface area contributed by atoms with Crippen LogP contribution in [-0.4, -0.2) is 80.4 Å². The smallest absolute Gasteiger partial charge is 0.234 e. The van der Waals surface area contributed by atoms with Gasteiger partial charge in [-0.1, -0.05) is 0 Å². The molecule has 1 aliphatic heterocycles. The van der Waals surface area contributed by atoms with Crippen molar-refractivity contribution in [2.24, 2.45) is 7.05 Å². The Bertz CT molecular complexity index is 780. The van der Waals surface area contributed by atoms with Gasteiger partial charge in [-0.3, -0.25) is 19.5 Å². The molecule has 9 heteroatoms. The molecule has 3 heterocycles. The maximum atomic E-state index is 12.4. The standard InChI is InChI=1S/C18H30N8O/c1-12-8-14(25(5)23-12)9-26-7-6-15(18-19-13(2)21-22-18)16(10-26)20-17(27)11-24(3)4/h8,15-16H,6-7,9-11H2,1-5H3,(H,20,27)(H,19,21,22)/t15-,16+/m0/s1. The summed E-state index contributed by atoms with van der Waals surface area (Å²) < 4.78 is 1.93. The highest BCUT2D eigenvalue weighted by Crippen LogP contribution is 2.27. The lowest BCUT2D eigenvalue weighted by Gasteiger charge is -2.38. The van der Waals surface area contributed by atoms with Crippen molar-refractivity contribution in [1.29, 1.82) is 0 Å². The number of likely N-dealkylation sites (N-methyl/N-ethyl adjacent to an activating group) is 1. The monoisotopic (exact) mass is 374 g/mol. The Kier molecular flexibility index (Phi) is 5.91. The minimum Gasteiger partial charge on any atom is -0.350 e. The van der Waals surface area contributed by atoms with Gasteiger partial charge in [-0.2, -0.15) is 10.2 Å². The molecule has 1 saturated heterocycles. The lowest BCUT2D eigenvalue weighted by Crippen LogP contribution is -2.53. The fourth-order valence-corrected chi connectivity index (χ4v) is 3.73. The molecule has 148 valence electrons. The summed E-state index contributed by atoms with van der Waals surface area (Å²) in [5.41, 5.74) is 2.20. The zero-order chi connectivity index (χ0) is 19.6. The summed E-state index contributed by atoms with van der Waals surface area (Å²) in [4.78, 5) is 21.2. The molecule has 2 aromatic heterocycles. The van der Waals surface area contributed by atoms with Crippen molar-refractivity contribution < 1.29 is 4.79 Å². The number of piperidine rings is 1. The fraction of sp³-hybridized carbons (Fsp3) is 0.667. The first kappa shape index (κ1) is 19.5. The Morgan fingerprint density at radius 1 is 1.41 bits per heavy atom. The molecule has 0 aromatic carbocycles. The van der Waals surface area contributed by atoms with Gasteiger partial charge in [-0.25, -0.2) is 4.98 Å². The number of carbonyl (C=O) groups excluding carboxylic acids is 1. The summed E-state index contributed by atoms with van der Waals surface area (Å²) in [5, 5.41) is 14.9. The summed E-state index contributed by atoms with van der Waals surface area (Å²) in [6.45, 7) is 6.79. The van der Waals surface area contributed by atoms with Crippen molar-refractivity contribution in [1.82, 2.24) is 40.1 Å². The lowest BCUT2D eigenvalue weighted by molar-refractivity contribution is -0.123. The van der Waals surface area contributed by atoms with Crippen molar-refractivity contribution in [3.8, 4) is 0 Å². The van der Waals surface area contributed by atoms with Crippen LogP contribution in [0, 0.1) is 13.8 Å². The van der Waals surface area contributed by atoms with Gasteiger partial charge in [-0.05, 0) is 47.0 Å². The third-order valence-corrected chi connectivity index (χ3v) is 4.93. The number of rotatable bonds is 6. The third kappa shape index (κ3) is 4.92. The summed E-state index contributed by atoms with van der Waals surface area (Å²) in [5.74, 6) is 1.74. The van der Waals surface area contributed by atoms with Gasteiger partial charge in [0.2, 0.25) is 5.91 Å². The molecule has 9 nitrogen and oxygen atoms in total. The Balaban J connectivity index is 1.73. The van der Waals surface area contributed by atoms with Gasteiger partial charge in [0, 0.05) is 26.1 Å². The normalized spacial score (nSPS) is 21.0. The van der Waals surface area contributed by atoms with E-state index in [0.717, 1.165) is 43.4 Å². The number of nitrogens with zero attached hydrogens (tertiary/aromatic N) is 6. The van der Waals surface area contributed by atoms with Crippen LogP contribution in [0.3, 0.4) is 0 Å². The van der Waals surface area contributed by atoms with Gasteiger partial charge in [-0.15, -0.1) is 0 Å². The number of aromatic amines is 1. The molecule has 1 amide bonds. The summed E-state index contributed by atoms with van der Waals surface area (Å²) >= 11 is 0. The molecule has 2 N–H and O–H groups in total. The molecule has 1 fully saturated rings. The quantitative estimate of drug-likeness (QED) is 0.750. The van der Waals surface area contributed by atoms with Gasteiger partial charge in [0.05, 0.1) is 24.0 Å². The van der Waals surface area contributed by atoms with E-state index in [1.165, 1.54) is 5.69 Å².